The van der Waals surface area contributed by atoms with E-state index in [-0.39, 0.29) is 22.7 Å². The maximum absolute atomic E-state index is 11.8. The lowest BCUT2D eigenvalue weighted by atomic mass is 10.2. The summed E-state index contributed by atoms with van der Waals surface area (Å²) in [4.78, 5) is 25.5. The van der Waals surface area contributed by atoms with Crippen LogP contribution in [0.5, 0.6) is 5.88 Å². The number of benzene rings is 1. The van der Waals surface area contributed by atoms with Crippen molar-refractivity contribution in [2.45, 2.75) is 13.3 Å². The minimum absolute atomic E-state index is 0.116. The molecule has 0 aliphatic rings. The summed E-state index contributed by atoms with van der Waals surface area (Å²) >= 11 is 11.8. The van der Waals surface area contributed by atoms with Crippen molar-refractivity contribution in [3.8, 4) is 11.6 Å². The molecule has 2 aromatic rings. The zero-order valence-electron chi connectivity index (χ0n) is 9.91. The van der Waals surface area contributed by atoms with Gasteiger partial charge in [-0.3, -0.25) is 9.78 Å². The van der Waals surface area contributed by atoms with Crippen LogP contribution in [0.3, 0.4) is 0 Å². The highest BCUT2D eigenvalue weighted by atomic mass is 35.5. The largest absolute Gasteiger partial charge is 0.494 e. The molecule has 0 amide bonds. The SMILES string of the molecule is CCc1c(O)n(-c2ccc(Cl)cc2Cl)c(=O)[nH]c1=O. The van der Waals surface area contributed by atoms with Gasteiger partial charge in [0.25, 0.3) is 5.56 Å². The number of nitrogens with zero attached hydrogens (tertiary/aromatic N) is 1. The van der Waals surface area contributed by atoms with E-state index in [4.69, 9.17) is 23.2 Å². The van der Waals surface area contributed by atoms with Crippen molar-refractivity contribution >= 4 is 23.2 Å². The zero-order chi connectivity index (χ0) is 14.2. The van der Waals surface area contributed by atoms with Crippen LogP contribution in [0, 0.1) is 0 Å². The number of nitrogens with one attached hydrogen (secondary N) is 1. The molecular formula is C12H10Cl2N2O3. The maximum atomic E-state index is 11.8. The molecule has 1 aromatic heterocycles. The van der Waals surface area contributed by atoms with E-state index in [2.05, 4.69) is 4.98 Å². The molecule has 0 bridgehead atoms. The van der Waals surface area contributed by atoms with Gasteiger partial charge in [0.05, 0.1) is 16.3 Å². The van der Waals surface area contributed by atoms with E-state index < -0.39 is 17.1 Å². The molecule has 1 heterocycles. The Balaban J connectivity index is 2.83. The number of rotatable bonds is 2. The maximum Gasteiger partial charge on any atom is 0.335 e. The summed E-state index contributed by atoms with van der Waals surface area (Å²) in [5.74, 6) is -0.416. The van der Waals surface area contributed by atoms with Gasteiger partial charge < -0.3 is 5.11 Å². The molecule has 100 valence electrons. The molecule has 0 spiro atoms. The van der Waals surface area contributed by atoms with Crippen LogP contribution in [0.2, 0.25) is 10.0 Å². The van der Waals surface area contributed by atoms with Crippen LogP contribution in [-0.4, -0.2) is 14.7 Å². The van der Waals surface area contributed by atoms with Gasteiger partial charge in [-0.05, 0) is 24.6 Å². The van der Waals surface area contributed by atoms with E-state index in [0.29, 0.717) is 5.02 Å². The number of aromatic amines is 1. The molecule has 0 unspecified atom stereocenters. The Morgan fingerprint density at radius 2 is 2.00 bits per heavy atom. The Morgan fingerprint density at radius 1 is 1.32 bits per heavy atom. The normalized spacial score (nSPS) is 10.7. The number of H-pyrrole nitrogens is 1. The summed E-state index contributed by atoms with van der Waals surface area (Å²) in [5, 5.41) is 10.6. The van der Waals surface area contributed by atoms with Gasteiger partial charge in [0.1, 0.15) is 0 Å². The van der Waals surface area contributed by atoms with Crippen LogP contribution in [0.25, 0.3) is 5.69 Å². The highest BCUT2D eigenvalue weighted by Gasteiger charge is 2.15. The molecule has 19 heavy (non-hydrogen) atoms. The second kappa shape index (κ2) is 5.11. The lowest BCUT2D eigenvalue weighted by Gasteiger charge is -2.12. The van der Waals surface area contributed by atoms with E-state index >= 15 is 0 Å². The monoisotopic (exact) mass is 300 g/mol. The standard InChI is InChI=1S/C12H10Cl2N2O3/c1-2-7-10(17)15-12(19)16(11(7)18)9-4-3-6(13)5-8(9)14/h3-5,18H,2H2,1H3,(H,15,17,19). The molecule has 0 aliphatic heterocycles. The third kappa shape index (κ3) is 2.39. The van der Waals surface area contributed by atoms with Gasteiger partial charge in [-0.2, -0.15) is 0 Å². The summed E-state index contributed by atoms with van der Waals surface area (Å²) in [6.07, 6.45) is 0.284. The van der Waals surface area contributed by atoms with Gasteiger partial charge in [0.2, 0.25) is 5.88 Å². The van der Waals surface area contributed by atoms with Gasteiger partial charge >= 0.3 is 5.69 Å². The average Bonchev–Trinajstić information content (AvgIpc) is 2.31. The van der Waals surface area contributed by atoms with Gasteiger partial charge in [-0.25, -0.2) is 9.36 Å². The summed E-state index contributed by atoms with van der Waals surface area (Å²) < 4.78 is 0.943. The van der Waals surface area contributed by atoms with Crippen LogP contribution in [-0.2, 0) is 6.42 Å². The molecule has 0 atom stereocenters. The Bertz CT molecular complexity index is 750. The first-order valence-electron chi connectivity index (χ1n) is 5.48. The number of hydrogen-bond acceptors (Lipinski definition) is 3. The zero-order valence-corrected chi connectivity index (χ0v) is 11.4. The lowest BCUT2D eigenvalue weighted by Crippen LogP contribution is -2.31. The van der Waals surface area contributed by atoms with Gasteiger partial charge in [-0.15, -0.1) is 0 Å². The molecule has 0 saturated heterocycles. The fourth-order valence-corrected chi connectivity index (χ4v) is 2.26. The lowest BCUT2D eigenvalue weighted by molar-refractivity contribution is 0.423. The van der Waals surface area contributed by atoms with Gasteiger partial charge in [0.15, 0.2) is 0 Å². The molecule has 0 radical (unpaired) electrons. The van der Waals surface area contributed by atoms with E-state index in [1.807, 2.05) is 0 Å². The van der Waals surface area contributed by atoms with Crippen molar-refractivity contribution in [1.29, 1.82) is 0 Å². The highest BCUT2D eigenvalue weighted by molar-refractivity contribution is 6.35. The first-order chi connectivity index (χ1) is 8.95. The molecule has 0 fully saturated rings. The fourth-order valence-electron chi connectivity index (χ4n) is 1.77. The number of hydrogen-bond donors (Lipinski definition) is 2. The molecule has 7 heteroatoms. The molecular weight excluding hydrogens is 291 g/mol. The third-order valence-electron chi connectivity index (χ3n) is 2.68. The Hall–Kier alpha value is -1.72. The minimum atomic E-state index is -0.760. The Labute approximate surface area is 118 Å². The van der Waals surface area contributed by atoms with Gasteiger partial charge in [-0.1, -0.05) is 30.1 Å². The van der Waals surface area contributed by atoms with Crippen molar-refractivity contribution in [2.24, 2.45) is 0 Å². The fraction of sp³-hybridized carbons (Fsp3) is 0.167. The average molecular weight is 301 g/mol. The number of aromatic hydroxyl groups is 1. The first kappa shape index (κ1) is 13.7. The number of aromatic nitrogens is 2. The van der Waals surface area contributed by atoms with Gasteiger partial charge in [0, 0.05) is 5.02 Å². The number of halogens is 2. The quantitative estimate of drug-likeness (QED) is 0.892. The Morgan fingerprint density at radius 3 is 2.58 bits per heavy atom. The van der Waals surface area contributed by atoms with Crippen molar-refractivity contribution in [1.82, 2.24) is 9.55 Å². The molecule has 1 aromatic carbocycles. The van der Waals surface area contributed by atoms with E-state index in [1.54, 1.807) is 6.92 Å². The van der Waals surface area contributed by atoms with E-state index in [0.717, 1.165) is 4.57 Å². The van der Waals surface area contributed by atoms with Crippen LogP contribution in [0.4, 0.5) is 0 Å². The summed E-state index contributed by atoms with van der Waals surface area (Å²) in [6, 6.07) is 4.47. The third-order valence-corrected chi connectivity index (χ3v) is 3.22. The topological polar surface area (TPSA) is 75.1 Å². The minimum Gasteiger partial charge on any atom is -0.494 e. The van der Waals surface area contributed by atoms with Crippen LogP contribution >= 0.6 is 23.2 Å². The summed E-state index contributed by atoms with van der Waals surface area (Å²) in [6.45, 7) is 1.70. The van der Waals surface area contributed by atoms with Crippen LogP contribution in [0.1, 0.15) is 12.5 Å². The predicted molar refractivity (Wildman–Crippen MR) is 73.7 cm³/mol. The van der Waals surface area contributed by atoms with E-state index in [9.17, 15) is 14.7 Å². The van der Waals surface area contributed by atoms with Crippen molar-refractivity contribution in [2.75, 3.05) is 0 Å². The van der Waals surface area contributed by atoms with Crippen LogP contribution in [0.15, 0.2) is 27.8 Å². The smallest absolute Gasteiger partial charge is 0.335 e. The predicted octanol–water partition coefficient (Wildman–Crippen LogP) is 2.10. The molecule has 2 N–H and O–H groups in total. The second-order valence-electron chi connectivity index (χ2n) is 3.85. The van der Waals surface area contributed by atoms with Crippen molar-refractivity contribution < 1.29 is 5.11 Å². The molecule has 0 saturated carbocycles. The van der Waals surface area contributed by atoms with Crippen LogP contribution < -0.4 is 11.2 Å². The van der Waals surface area contributed by atoms with Crippen molar-refractivity contribution in [3.05, 3.63) is 54.6 Å². The first-order valence-corrected chi connectivity index (χ1v) is 6.24. The second-order valence-corrected chi connectivity index (χ2v) is 4.69. The molecule has 0 aliphatic carbocycles. The van der Waals surface area contributed by atoms with Crippen molar-refractivity contribution in [3.63, 3.8) is 0 Å². The highest BCUT2D eigenvalue weighted by Crippen LogP contribution is 2.26. The Kier molecular flexibility index (Phi) is 3.68. The van der Waals surface area contributed by atoms with E-state index in [1.165, 1.54) is 18.2 Å². The summed E-state index contributed by atoms with van der Waals surface area (Å²) in [7, 11) is 0. The molecule has 5 nitrogen and oxygen atoms in total. The summed E-state index contributed by atoms with van der Waals surface area (Å²) in [5.41, 5.74) is -1.000. The molecule has 2 rings (SSSR count).